The van der Waals surface area contributed by atoms with Crippen LogP contribution in [0.25, 0.3) is 0 Å². The second-order valence-electron chi connectivity index (χ2n) is 6.78. The van der Waals surface area contributed by atoms with E-state index in [0.717, 1.165) is 11.1 Å². The molecule has 0 unspecified atom stereocenters. The van der Waals surface area contributed by atoms with E-state index in [1.54, 1.807) is 12.1 Å². The summed E-state index contributed by atoms with van der Waals surface area (Å²) in [6.45, 7) is 0.750. The minimum atomic E-state index is -3.77. The smallest absolute Gasteiger partial charge is 0.242 e. The monoisotopic (exact) mass is 458 g/mol. The van der Waals surface area contributed by atoms with Crippen molar-refractivity contribution in [2.75, 3.05) is 6.54 Å². The fourth-order valence-corrected chi connectivity index (χ4v) is 4.36. The average molecular weight is 459 g/mol. The molecule has 3 rings (SSSR count). The number of benzene rings is 3. The predicted octanol–water partition coefficient (Wildman–Crippen LogP) is 3.90. The molecular weight excluding hydrogens is 436 g/mol. The van der Waals surface area contributed by atoms with Crippen LogP contribution in [0.3, 0.4) is 0 Å². The minimum Gasteiger partial charge on any atom is -0.489 e. The third-order valence-corrected chi connectivity index (χ3v) is 6.37. The summed E-state index contributed by atoms with van der Waals surface area (Å²) >= 11 is 5.93. The van der Waals surface area contributed by atoms with Crippen molar-refractivity contribution in [2.45, 2.75) is 24.5 Å². The first-order valence-corrected chi connectivity index (χ1v) is 11.6. The van der Waals surface area contributed by atoms with Gasteiger partial charge in [0.05, 0.1) is 5.02 Å². The molecule has 3 aromatic rings. The Labute approximate surface area is 187 Å². The van der Waals surface area contributed by atoms with Crippen molar-refractivity contribution in [3.63, 3.8) is 0 Å². The van der Waals surface area contributed by atoms with E-state index in [0.29, 0.717) is 18.9 Å². The Morgan fingerprint density at radius 1 is 0.903 bits per heavy atom. The van der Waals surface area contributed by atoms with Gasteiger partial charge in [0.1, 0.15) is 17.3 Å². The van der Waals surface area contributed by atoms with Crippen molar-refractivity contribution >= 4 is 27.5 Å². The zero-order valence-electron chi connectivity index (χ0n) is 16.8. The number of rotatable bonds is 10. The highest BCUT2D eigenvalue weighted by Crippen LogP contribution is 2.20. The molecule has 2 N–H and O–H groups in total. The molecule has 0 aliphatic rings. The van der Waals surface area contributed by atoms with Crippen LogP contribution in [0, 0.1) is 0 Å². The molecule has 0 radical (unpaired) electrons. The van der Waals surface area contributed by atoms with Gasteiger partial charge in [-0.25, -0.2) is 13.1 Å². The highest BCUT2D eigenvalue weighted by molar-refractivity contribution is 7.89. The molecule has 0 aliphatic heterocycles. The quantitative estimate of drug-likeness (QED) is 0.482. The van der Waals surface area contributed by atoms with E-state index in [9.17, 15) is 13.2 Å². The Morgan fingerprint density at radius 3 is 2.39 bits per heavy atom. The van der Waals surface area contributed by atoms with Gasteiger partial charge in [0, 0.05) is 19.5 Å². The number of ether oxygens (including phenoxy) is 1. The van der Waals surface area contributed by atoms with Crippen LogP contribution in [0.15, 0.2) is 83.8 Å². The van der Waals surface area contributed by atoms with Crippen LogP contribution in [0.2, 0.25) is 5.02 Å². The van der Waals surface area contributed by atoms with E-state index >= 15 is 0 Å². The van der Waals surface area contributed by atoms with Crippen molar-refractivity contribution in [3.8, 4) is 5.75 Å². The summed E-state index contributed by atoms with van der Waals surface area (Å²) < 4.78 is 32.7. The van der Waals surface area contributed by atoms with Crippen molar-refractivity contribution < 1.29 is 17.9 Å². The summed E-state index contributed by atoms with van der Waals surface area (Å²) in [5.41, 5.74) is 1.95. The van der Waals surface area contributed by atoms with Gasteiger partial charge in [0.15, 0.2) is 0 Å². The van der Waals surface area contributed by atoms with Gasteiger partial charge in [-0.3, -0.25) is 4.79 Å². The Kier molecular flexibility index (Phi) is 8.06. The first-order chi connectivity index (χ1) is 14.9. The Morgan fingerprint density at radius 2 is 1.61 bits per heavy atom. The summed E-state index contributed by atoms with van der Waals surface area (Å²) in [6.07, 6.45) is 0.00782. The topological polar surface area (TPSA) is 84.5 Å². The maximum Gasteiger partial charge on any atom is 0.242 e. The summed E-state index contributed by atoms with van der Waals surface area (Å²) in [5, 5.41) is 2.92. The van der Waals surface area contributed by atoms with E-state index in [-0.39, 0.29) is 28.8 Å². The lowest BCUT2D eigenvalue weighted by Crippen LogP contribution is -2.30. The summed E-state index contributed by atoms with van der Waals surface area (Å²) in [6, 6.07) is 23.5. The zero-order chi connectivity index (χ0) is 22.1. The van der Waals surface area contributed by atoms with Gasteiger partial charge in [0.2, 0.25) is 15.9 Å². The summed E-state index contributed by atoms with van der Waals surface area (Å²) in [5.74, 6) is 0.445. The molecule has 162 valence electrons. The maximum absolute atomic E-state index is 12.3. The molecule has 0 aliphatic carbocycles. The van der Waals surface area contributed by atoms with Crippen LogP contribution < -0.4 is 14.8 Å². The molecule has 0 heterocycles. The van der Waals surface area contributed by atoms with Crippen LogP contribution in [-0.2, 0) is 28.0 Å². The average Bonchev–Trinajstić information content (AvgIpc) is 2.77. The molecule has 0 spiro atoms. The lowest BCUT2D eigenvalue weighted by Gasteiger charge is -2.10. The van der Waals surface area contributed by atoms with Crippen molar-refractivity contribution in [3.05, 3.63) is 95.0 Å². The van der Waals surface area contributed by atoms with Crippen molar-refractivity contribution in [1.29, 1.82) is 0 Å². The van der Waals surface area contributed by atoms with Gasteiger partial charge in [0.25, 0.3) is 0 Å². The number of hydrogen-bond donors (Lipinski definition) is 2. The number of carbonyl (C=O) groups excluding carboxylic acids is 1. The third-order valence-electron chi connectivity index (χ3n) is 4.41. The first-order valence-electron chi connectivity index (χ1n) is 9.70. The molecule has 0 aromatic heterocycles. The summed E-state index contributed by atoms with van der Waals surface area (Å²) in [7, 11) is -3.77. The van der Waals surface area contributed by atoms with E-state index in [1.165, 1.54) is 12.1 Å². The van der Waals surface area contributed by atoms with Crippen molar-refractivity contribution in [1.82, 2.24) is 10.0 Å². The molecule has 0 bridgehead atoms. The molecule has 0 atom stereocenters. The Bertz CT molecular complexity index is 1120. The van der Waals surface area contributed by atoms with Crippen LogP contribution in [0.4, 0.5) is 0 Å². The molecule has 0 saturated heterocycles. The second kappa shape index (κ2) is 10.9. The molecule has 31 heavy (non-hydrogen) atoms. The SMILES string of the molecule is O=C(CCNS(=O)(=O)c1ccccc1Cl)NCc1cccc(OCc2ccccc2)c1. The first kappa shape index (κ1) is 22.8. The normalized spacial score (nSPS) is 11.1. The van der Waals surface area contributed by atoms with Crippen LogP contribution >= 0.6 is 11.6 Å². The zero-order valence-corrected chi connectivity index (χ0v) is 18.3. The van der Waals surface area contributed by atoms with Crippen LogP contribution in [-0.4, -0.2) is 20.9 Å². The number of amides is 1. The van der Waals surface area contributed by atoms with Gasteiger partial charge in [-0.05, 0) is 35.4 Å². The largest absolute Gasteiger partial charge is 0.489 e. The van der Waals surface area contributed by atoms with Gasteiger partial charge in [-0.2, -0.15) is 0 Å². The number of sulfonamides is 1. The molecule has 0 saturated carbocycles. The standard InChI is InChI=1S/C23H23ClN2O4S/c24-21-11-4-5-12-22(21)31(28,29)26-14-13-23(27)25-16-19-9-6-10-20(15-19)30-17-18-7-2-1-3-8-18/h1-12,15,26H,13-14,16-17H2,(H,25,27). The molecule has 1 amide bonds. The molecule has 8 heteroatoms. The molecule has 6 nitrogen and oxygen atoms in total. The highest BCUT2D eigenvalue weighted by atomic mass is 35.5. The molecular formula is C23H23ClN2O4S. The molecule has 0 fully saturated rings. The maximum atomic E-state index is 12.3. The Balaban J connectivity index is 1.44. The lowest BCUT2D eigenvalue weighted by molar-refractivity contribution is -0.121. The van der Waals surface area contributed by atoms with Gasteiger partial charge >= 0.3 is 0 Å². The number of halogens is 1. The van der Waals surface area contributed by atoms with E-state index in [4.69, 9.17) is 16.3 Å². The highest BCUT2D eigenvalue weighted by Gasteiger charge is 2.17. The molecule has 3 aromatic carbocycles. The number of carbonyl (C=O) groups is 1. The van der Waals surface area contributed by atoms with Gasteiger partial charge in [-0.1, -0.05) is 66.2 Å². The number of nitrogens with one attached hydrogen (secondary N) is 2. The van der Waals surface area contributed by atoms with E-state index < -0.39 is 10.0 Å². The number of hydrogen-bond acceptors (Lipinski definition) is 4. The Hall–Kier alpha value is -2.87. The van der Waals surface area contributed by atoms with Crippen molar-refractivity contribution in [2.24, 2.45) is 0 Å². The minimum absolute atomic E-state index is 0.00782. The third kappa shape index (κ3) is 7.10. The summed E-state index contributed by atoms with van der Waals surface area (Å²) in [4.78, 5) is 12.1. The van der Waals surface area contributed by atoms with Gasteiger partial charge < -0.3 is 10.1 Å². The second-order valence-corrected chi connectivity index (χ2v) is 8.92. The predicted molar refractivity (Wildman–Crippen MR) is 120 cm³/mol. The van der Waals surface area contributed by atoms with Crippen LogP contribution in [0.5, 0.6) is 5.75 Å². The van der Waals surface area contributed by atoms with E-state index in [2.05, 4.69) is 10.0 Å². The lowest BCUT2D eigenvalue weighted by atomic mass is 10.2. The fourth-order valence-electron chi connectivity index (χ4n) is 2.81. The van der Waals surface area contributed by atoms with Gasteiger partial charge in [-0.15, -0.1) is 0 Å². The fraction of sp³-hybridized carbons (Fsp3) is 0.174. The van der Waals surface area contributed by atoms with E-state index in [1.807, 2.05) is 54.6 Å². The van der Waals surface area contributed by atoms with Crippen LogP contribution in [0.1, 0.15) is 17.5 Å².